The van der Waals surface area contributed by atoms with Crippen LogP contribution in [0.2, 0.25) is 10.0 Å². The van der Waals surface area contributed by atoms with Gasteiger partial charge in [-0.3, -0.25) is 0 Å². The van der Waals surface area contributed by atoms with E-state index in [0.717, 1.165) is 17.1 Å². The SMILES string of the molecule is Cc1cnc(CNCc2cc(Cl)c(N)c(Cl)c2)s1. The number of nitrogens with two attached hydrogens (primary N) is 1. The molecule has 0 fully saturated rings. The third-order valence-electron chi connectivity index (χ3n) is 2.41. The molecule has 0 spiro atoms. The molecule has 0 unspecified atom stereocenters. The van der Waals surface area contributed by atoms with Crippen LogP contribution in [0.25, 0.3) is 0 Å². The maximum absolute atomic E-state index is 5.97. The van der Waals surface area contributed by atoms with E-state index in [1.807, 2.05) is 25.3 Å². The Balaban J connectivity index is 1.94. The van der Waals surface area contributed by atoms with Gasteiger partial charge in [0.25, 0.3) is 0 Å². The molecular formula is C12H13Cl2N3S. The van der Waals surface area contributed by atoms with Gasteiger partial charge in [0.1, 0.15) is 5.01 Å². The van der Waals surface area contributed by atoms with E-state index >= 15 is 0 Å². The predicted molar refractivity (Wildman–Crippen MR) is 78.3 cm³/mol. The molecule has 96 valence electrons. The summed E-state index contributed by atoms with van der Waals surface area (Å²) in [6.07, 6.45) is 1.87. The number of nitrogen functional groups attached to an aromatic ring is 1. The number of anilines is 1. The number of hydrogen-bond acceptors (Lipinski definition) is 4. The van der Waals surface area contributed by atoms with Crippen molar-refractivity contribution in [2.45, 2.75) is 20.0 Å². The van der Waals surface area contributed by atoms with E-state index in [4.69, 9.17) is 28.9 Å². The van der Waals surface area contributed by atoms with Crippen LogP contribution in [0.15, 0.2) is 18.3 Å². The third kappa shape index (κ3) is 3.36. The molecule has 0 aliphatic carbocycles. The molecule has 0 aliphatic rings. The molecule has 0 bridgehead atoms. The summed E-state index contributed by atoms with van der Waals surface area (Å²) in [5, 5.41) is 5.34. The number of hydrogen-bond donors (Lipinski definition) is 2. The molecule has 1 heterocycles. The summed E-state index contributed by atoms with van der Waals surface area (Å²) in [5.74, 6) is 0. The summed E-state index contributed by atoms with van der Waals surface area (Å²) in [5.41, 5.74) is 7.12. The van der Waals surface area contributed by atoms with E-state index in [2.05, 4.69) is 10.3 Å². The Morgan fingerprint density at radius 2 is 1.94 bits per heavy atom. The second-order valence-electron chi connectivity index (χ2n) is 3.94. The fourth-order valence-electron chi connectivity index (χ4n) is 1.54. The number of thiazole rings is 1. The molecule has 3 nitrogen and oxygen atoms in total. The van der Waals surface area contributed by atoms with Crippen molar-refractivity contribution in [3.05, 3.63) is 43.8 Å². The van der Waals surface area contributed by atoms with E-state index in [-0.39, 0.29) is 0 Å². The summed E-state index contributed by atoms with van der Waals surface area (Å²) in [7, 11) is 0. The van der Waals surface area contributed by atoms with Crippen LogP contribution in [0.1, 0.15) is 15.4 Å². The molecule has 0 saturated carbocycles. The lowest BCUT2D eigenvalue weighted by molar-refractivity contribution is 0.690. The van der Waals surface area contributed by atoms with Crippen molar-refractivity contribution in [3.8, 4) is 0 Å². The van der Waals surface area contributed by atoms with Crippen LogP contribution >= 0.6 is 34.5 Å². The van der Waals surface area contributed by atoms with E-state index < -0.39 is 0 Å². The zero-order valence-electron chi connectivity index (χ0n) is 9.84. The normalized spacial score (nSPS) is 10.8. The average molecular weight is 302 g/mol. The van der Waals surface area contributed by atoms with E-state index in [9.17, 15) is 0 Å². The minimum atomic E-state index is 0.428. The Labute approximate surface area is 120 Å². The monoisotopic (exact) mass is 301 g/mol. The molecule has 0 atom stereocenters. The summed E-state index contributed by atoms with van der Waals surface area (Å²) in [4.78, 5) is 5.49. The third-order valence-corrected chi connectivity index (χ3v) is 3.95. The van der Waals surface area contributed by atoms with Crippen LogP contribution < -0.4 is 11.1 Å². The first-order chi connectivity index (χ1) is 8.56. The second kappa shape index (κ2) is 5.89. The molecule has 6 heteroatoms. The number of nitrogens with one attached hydrogen (secondary N) is 1. The van der Waals surface area contributed by atoms with Gasteiger partial charge in [-0.1, -0.05) is 23.2 Å². The molecule has 1 aromatic heterocycles. The smallest absolute Gasteiger partial charge is 0.107 e. The Bertz CT molecular complexity index is 531. The highest BCUT2D eigenvalue weighted by Gasteiger charge is 2.05. The molecule has 0 aliphatic heterocycles. The Morgan fingerprint density at radius 1 is 1.28 bits per heavy atom. The van der Waals surface area contributed by atoms with Crippen LogP contribution in [0.3, 0.4) is 0 Å². The van der Waals surface area contributed by atoms with Crippen molar-refractivity contribution in [3.63, 3.8) is 0 Å². The maximum atomic E-state index is 5.97. The Hall–Kier alpha value is -0.810. The Morgan fingerprint density at radius 3 is 2.50 bits per heavy atom. The largest absolute Gasteiger partial charge is 0.396 e. The summed E-state index contributed by atoms with van der Waals surface area (Å²) < 4.78 is 0. The topological polar surface area (TPSA) is 50.9 Å². The van der Waals surface area contributed by atoms with Crippen molar-refractivity contribution in [1.82, 2.24) is 10.3 Å². The van der Waals surface area contributed by atoms with E-state index in [1.165, 1.54) is 4.88 Å². The first kappa shape index (κ1) is 13.6. The van der Waals surface area contributed by atoms with Crippen LogP contribution in [-0.4, -0.2) is 4.98 Å². The highest BCUT2D eigenvalue weighted by atomic mass is 35.5. The van der Waals surface area contributed by atoms with Gasteiger partial charge >= 0.3 is 0 Å². The molecule has 2 rings (SSSR count). The standard InChI is InChI=1S/C12H13Cl2N3S/c1-7-4-17-11(18-7)6-16-5-8-2-9(13)12(15)10(14)3-8/h2-4,16H,5-6,15H2,1H3. The first-order valence-corrected chi connectivity index (χ1v) is 6.99. The average Bonchev–Trinajstić information content (AvgIpc) is 2.72. The van der Waals surface area contributed by atoms with Crippen LogP contribution in [0.5, 0.6) is 0 Å². The van der Waals surface area contributed by atoms with Gasteiger partial charge in [0.15, 0.2) is 0 Å². The number of aryl methyl sites for hydroxylation is 1. The van der Waals surface area contributed by atoms with Gasteiger partial charge in [-0.15, -0.1) is 11.3 Å². The van der Waals surface area contributed by atoms with Crippen molar-refractivity contribution in [2.75, 3.05) is 5.73 Å². The molecule has 18 heavy (non-hydrogen) atoms. The Kier molecular flexibility index (Phi) is 4.45. The zero-order chi connectivity index (χ0) is 13.1. The van der Waals surface area contributed by atoms with Gasteiger partial charge in [-0.2, -0.15) is 0 Å². The quantitative estimate of drug-likeness (QED) is 0.848. The van der Waals surface area contributed by atoms with E-state index in [1.54, 1.807) is 11.3 Å². The van der Waals surface area contributed by atoms with Gasteiger partial charge in [0, 0.05) is 24.2 Å². The highest BCUT2D eigenvalue weighted by Crippen LogP contribution is 2.28. The minimum absolute atomic E-state index is 0.428. The van der Waals surface area contributed by atoms with Crippen molar-refractivity contribution in [1.29, 1.82) is 0 Å². The molecule has 0 amide bonds. The molecular weight excluding hydrogens is 289 g/mol. The van der Waals surface area contributed by atoms with Gasteiger partial charge in [-0.05, 0) is 24.6 Å². The van der Waals surface area contributed by atoms with Gasteiger partial charge in [0.05, 0.1) is 15.7 Å². The molecule has 0 saturated heterocycles. The van der Waals surface area contributed by atoms with Crippen LogP contribution in [-0.2, 0) is 13.1 Å². The number of aromatic nitrogens is 1. The summed E-state index contributed by atoms with van der Waals surface area (Å²) >= 11 is 13.6. The van der Waals surface area contributed by atoms with Gasteiger partial charge < -0.3 is 11.1 Å². The fraction of sp³-hybridized carbons (Fsp3) is 0.250. The fourth-order valence-corrected chi connectivity index (χ4v) is 2.82. The zero-order valence-corrected chi connectivity index (χ0v) is 12.2. The van der Waals surface area contributed by atoms with Crippen LogP contribution in [0.4, 0.5) is 5.69 Å². The lowest BCUT2D eigenvalue weighted by atomic mass is 10.2. The number of rotatable bonds is 4. The number of benzene rings is 1. The van der Waals surface area contributed by atoms with Crippen molar-refractivity contribution in [2.24, 2.45) is 0 Å². The van der Waals surface area contributed by atoms with Gasteiger partial charge in [-0.25, -0.2) is 4.98 Å². The molecule has 2 aromatic rings. The molecule has 3 N–H and O–H groups in total. The lowest BCUT2D eigenvalue weighted by Crippen LogP contribution is -2.12. The first-order valence-electron chi connectivity index (χ1n) is 5.41. The summed E-state index contributed by atoms with van der Waals surface area (Å²) in [6, 6.07) is 3.64. The number of nitrogens with zero attached hydrogens (tertiary/aromatic N) is 1. The van der Waals surface area contributed by atoms with Gasteiger partial charge in [0.2, 0.25) is 0 Å². The van der Waals surface area contributed by atoms with Crippen molar-refractivity contribution < 1.29 is 0 Å². The van der Waals surface area contributed by atoms with Crippen molar-refractivity contribution >= 4 is 40.2 Å². The highest BCUT2D eigenvalue weighted by molar-refractivity contribution is 7.11. The van der Waals surface area contributed by atoms with E-state index in [0.29, 0.717) is 22.3 Å². The predicted octanol–water partition coefficient (Wildman–Crippen LogP) is 3.63. The number of halogens is 2. The minimum Gasteiger partial charge on any atom is -0.396 e. The maximum Gasteiger partial charge on any atom is 0.107 e. The second-order valence-corrected chi connectivity index (χ2v) is 6.08. The molecule has 1 aromatic carbocycles. The molecule has 0 radical (unpaired) electrons. The summed E-state index contributed by atoms with van der Waals surface area (Å²) in [6.45, 7) is 3.46. The van der Waals surface area contributed by atoms with Crippen LogP contribution in [0, 0.1) is 6.92 Å². The lowest BCUT2D eigenvalue weighted by Gasteiger charge is -2.07.